The van der Waals surface area contributed by atoms with Crippen LogP contribution in [-0.4, -0.2) is 11.2 Å². The summed E-state index contributed by atoms with van der Waals surface area (Å²) in [6, 6.07) is 8.31. The Kier molecular flexibility index (Phi) is 2.77. The topological polar surface area (TPSA) is 74.2 Å². The fourth-order valence-corrected chi connectivity index (χ4v) is 3.67. The van der Waals surface area contributed by atoms with Crippen molar-refractivity contribution in [1.82, 2.24) is 4.98 Å². The molecule has 4 heteroatoms. The first-order chi connectivity index (χ1) is 10.2. The Morgan fingerprint density at radius 3 is 2.90 bits per heavy atom. The number of hydrogen-bond acceptors (Lipinski definition) is 4. The van der Waals surface area contributed by atoms with Crippen LogP contribution in [0.2, 0.25) is 0 Å². The maximum Gasteiger partial charge on any atom is 0.174 e. The Labute approximate surface area is 124 Å². The maximum atomic E-state index is 6.78. The minimum atomic E-state index is -0.791. The highest BCUT2D eigenvalue weighted by molar-refractivity contribution is 5.53. The molecule has 2 aliphatic rings. The van der Waals surface area contributed by atoms with E-state index in [1.807, 2.05) is 6.07 Å². The van der Waals surface area contributed by atoms with Crippen LogP contribution in [0.5, 0.6) is 5.75 Å². The first-order valence-corrected chi connectivity index (χ1v) is 7.48. The lowest BCUT2D eigenvalue weighted by atomic mass is 9.77. The van der Waals surface area contributed by atoms with Gasteiger partial charge in [0.25, 0.3) is 0 Å². The van der Waals surface area contributed by atoms with Crippen LogP contribution in [0.15, 0.2) is 36.7 Å². The number of rotatable bonds is 1. The zero-order chi connectivity index (χ0) is 14.4. The van der Waals surface area contributed by atoms with Crippen molar-refractivity contribution in [2.75, 3.05) is 0 Å². The van der Waals surface area contributed by atoms with Gasteiger partial charge in [-0.3, -0.25) is 10.7 Å². The van der Waals surface area contributed by atoms with E-state index in [-0.39, 0.29) is 0 Å². The van der Waals surface area contributed by atoms with Crippen LogP contribution in [0.4, 0.5) is 0 Å². The second-order valence-electron chi connectivity index (χ2n) is 5.93. The third kappa shape index (κ3) is 1.73. The lowest BCUT2D eigenvalue weighted by Crippen LogP contribution is -2.53. The predicted octanol–water partition coefficient (Wildman–Crippen LogP) is 1.84. The van der Waals surface area contributed by atoms with Crippen molar-refractivity contribution >= 4 is 0 Å². The van der Waals surface area contributed by atoms with Gasteiger partial charge in [-0.25, -0.2) is 0 Å². The molecule has 2 aromatic rings. The van der Waals surface area contributed by atoms with Crippen molar-refractivity contribution in [3.63, 3.8) is 0 Å². The van der Waals surface area contributed by atoms with Crippen molar-refractivity contribution in [2.45, 2.75) is 37.5 Å². The number of aryl methyl sites for hydroxylation is 1. The third-order valence-electron chi connectivity index (χ3n) is 4.77. The highest BCUT2D eigenvalue weighted by Crippen LogP contribution is 2.44. The monoisotopic (exact) mass is 281 g/mol. The summed E-state index contributed by atoms with van der Waals surface area (Å²) in [5.74, 6) is 0.695. The number of fused-ring (bicyclic) bond motifs is 2. The number of benzene rings is 1. The molecule has 2 heterocycles. The Balaban J connectivity index is 1.94. The summed E-state index contributed by atoms with van der Waals surface area (Å²) in [5.41, 5.74) is 17.0. The molecule has 2 unspecified atom stereocenters. The summed E-state index contributed by atoms with van der Waals surface area (Å²) >= 11 is 0. The molecular weight excluding hydrogens is 262 g/mol. The number of pyridine rings is 1. The number of nitrogens with zero attached hydrogens (tertiary/aromatic N) is 1. The molecule has 1 aliphatic heterocycles. The second kappa shape index (κ2) is 4.55. The summed E-state index contributed by atoms with van der Waals surface area (Å²) in [5, 5.41) is 0. The smallest absolute Gasteiger partial charge is 0.174 e. The van der Waals surface area contributed by atoms with E-state index in [2.05, 4.69) is 23.2 Å². The summed E-state index contributed by atoms with van der Waals surface area (Å²) in [6.45, 7) is 0. The van der Waals surface area contributed by atoms with Crippen molar-refractivity contribution < 1.29 is 4.74 Å². The Morgan fingerprint density at radius 1 is 1.14 bits per heavy atom. The van der Waals surface area contributed by atoms with Crippen LogP contribution >= 0.6 is 0 Å². The molecule has 1 aliphatic carbocycles. The number of ether oxygens (including phenoxy) is 1. The summed E-state index contributed by atoms with van der Waals surface area (Å²) in [6.07, 6.45) is 7.51. The SMILES string of the molecule is NC1Oc2cnccc2C1(N)c1cccc2c1CCCC2. The van der Waals surface area contributed by atoms with Crippen molar-refractivity contribution in [1.29, 1.82) is 0 Å². The van der Waals surface area contributed by atoms with Crippen molar-refractivity contribution in [3.05, 3.63) is 58.9 Å². The van der Waals surface area contributed by atoms with Crippen LogP contribution in [0.3, 0.4) is 0 Å². The third-order valence-corrected chi connectivity index (χ3v) is 4.77. The summed E-state index contributed by atoms with van der Waals surface area (Å²) in [7, 11) is 0. The van der Waals surface area contributed by atoms with Gasteiger partial charge in [0.1, 0.15) is 11.3 Å². The van der Waals surface area contributed by atoms with Crippen LogP contribution in [-0.2, 0) is 18.4 Å². The summed E-state index contributed by atoms with van der Waals surface area (Å²) in [4.78, 5) is 4.10. The largest absolute Gasteiger partial charge is 0.471 e. The molecular formula is C17H19N3O. The van der Waals surface area contributed by atoms with Gasteiger partial charge in [-0.2, -0.15) is 0 Å². The quantitative estimate of drug-likeness (QED) is 0.836. The molecule has 0 saturated carbocycles. The zero-order valence-corrected chi connectivity index (χ0v) is 11.9. The molecule has 4 rings (SSSR count). The molecule has 108 valence electrons. The van der Waals surface area contributed by atoms with E-state index >= 15 is 0 Å². The normalized spacial score (nSPS) is 26.9. The van der Waals surface area contributed by atoms with E-state index in [1.54, 1.807) is 12.4 Å². The van der Waals surface area contributed by atoms with Gasteiger partial charge in [-0.15, -0.1) is 0 Å². The van der Waals surface area contributed by atoms with Gasteiger partial charge in [0.15, 0.2) is 6.23 Å². The second-order valence-corrected chi connectivity index (χ2v) is 5.93. The highest BCUT2D eigenvalue weighted by atomic mass is 16.5. The average Bonchev–Trinajstić information content (AvgIpc) is 2.79. The van der Waals surface area contributed by atoms with Gasteiger partial charge in [-0.05, 0) is 48.4 Å². The van der Waals surface area contributed by atoms with E-state index in [0.29, 0.717) is 5.75 Å². The van der Waals surface area contributed by atoms with Gasteiger partial charge in [0.05, 0.1) is 6.20 Å². The number of nitrogens with two attached hydrogens (primary N) is 2. The van der Waals surface area contributed by atoms with Crippen LogP contribution < -0.4 is 16.2 Å². The zero-order valence-electron chi connectivity index (χ0n) is 11.9. The first kappa shape index (κ1) is 12.8. The Bertz CT molecular complexity index is 700. The molecule has 4 nitrogen and oxygen atoms in total. The minimum absolute atomic E-state index is 0.579. The predicted molar refractivity (Wildman–Crippen MR) is 80.9 cm³/mol. The minimum Gasteiger partial charge on any atom is -0.471 e. The van der Waals surface area contributed by atoms with Crippen LogP contribution in [0.25, 0.3) is 0 Å². The molecule has 21 heavy (non-hydrogen) atoms. The van der Waals surface area contributed by atoms with Crippen LogP contribution in [0, 0.1) is 0 Å². The van der Waals surface area contributed by atoms with Crippen molar-refractivity contribution in [3.8, 4) is 5.75 Å². The lowest BCUT2D eigenvalue weighted by Gasteiger charge is -2.32. The maximum absolute atomic E-state index is 6.78. The van der Waals surface area contributed by atoms with Gasteiger partial charge in [0.2, 0.25) is 0 Å². The molecule has 0 bridgehead atoms. The fourth-order valence-electron chi connectivity index (χ4n) is 3.67. The van der Waals surface area contributed by atoms with E-state index in [0.717, 1.165) is 24.0 Å². The molecule has 0 spiro atoms. The number of aromatic nitrogens is 1. The highest BCUT2D eigenvalue weighted by Gasteiger charge is 2.47. The number of hydrogen-bond donors (Lipinski definition) is 2. The molecule has 1 aromatic carbocycles. The Morgan fingerprint density at radius 2 is 2.00 bits per heavy atom. The molecule has 0 saturated heterocycles. The average molecular weight is 281 g/mol. The molecule has 1 aromatic heterocycles. The van der Waals surface area contributed by atoms with Gasteiger partial charge in [0, 0.05) is 11.8 Å². The molecule has 2 atom stereocenters. The first-order valence-electron chi connectivity index (χ1n) is 7.48. The van der Waals surface area contributed by atoms with Gasteiger partial charge in [-0.1, -0.05) is 18.2 Å². The fraction of sp³-hybridized carbons (Fsp3) is 0.353. The molecule has 0 radical (unpaired) electrons. The molecule has 0 amide bonds. The van der Waals surface area contributed by atoms with Gasteiger partial charge >= 0.3 is 0 Å². The lowest BCUT2D eigenvalue weighted by molar-refractivity contribution is 0.176. The molecule has 0 fully saturated rings. The van der Waals surface area contributed by atoms with E-state index in [4.69, 9.17) is 16.2 Å². The Hall–Kier alpha value is -1.91. The van der Waals surface area contributed by atoms with E-state index in [9.17, 15) is 0 Å². The molecule has 4 N–H and O–H groups in total. The van der Waals surface area contributed by atoms with E-state index in [1.165, 1.54) is 24.0 Å². The van der Waals surface area contributed by atoms with Crippen molar-refractivity contribution in [2.24, 2.45) is 11.5 Å². The van der Waals surface area contributed by atoms with Crippen LogP contribution in [0.1, 0.15) is 35.1 Å². The summed E-state index contributed by atoms with van der Waals surface area (Å²) < 4.78 is 5.76. The standard InChI is InChI=1S/C17H19N3O/c18-16-17(19,14-8-9-20-10-15(14)21-16)13-7-3-5-11-4-1-2-6-12(11)13/h3,5,7-10,16H,1-2,4,6,18-19H2. The van der Waals surface area contributed by atoms with E-state index < -0.39 is 11.8 Å². The van der Waals surface area contributed by atoms with Gasteiger partial charge < -0.3 is 10.5 Å².